The van der Waals surface area contributed by atoms with Gasteiger partial charge in [0.25, 0.3) is 0 Å². The number of nitrogens with zero attached hydrogens (tertiary/aromatic N) is 3. The van der Waals surface area contributed by atoms with Crippen LogP contribution in [-0.4, -0.2) is 46.3 Å². The Labute approximate surface area is 246 Å². The van der Waals surface area contributed by atoms with Crippen LogP contribution in [0.15, 0.2) is 36.7 Å². The number of pyridine rings is 2. The van der Waals surface area contributed by atoms with Gasteiger partial charge in [0, 0.05) is 54.3 Å². The highest BCUT2D eigenvalue weighted by molar-refractivity contribution is 5.86. The SMILES string of the molecule is Cc1cc(F)ccc1CCOc1ncc(-c2cnc(C)c(C(OC(C)(C)C)C(=O)O)c2N2CCC(C)(C)CC2)cc1F. The van der Waals surface area contributed by atoms with Crippen LogP contribution >= 0.6 is 0 Å². The third-order valence-electron chi connectivity index (χ3n) is 7.71. The summed E-state index contributed by atoms with van der Waals surface area (Å²) >= 11 is 0. The first-order chi connectivity index (χ1) is 19.6. The third kappa shape index (κ3) is 7.43. The number of carbonyl (C=O) groups is 1. The summed E-state index contributed by atoms with van der Waals surface area (Å²) in [6.45, 7) is 15.1. The molecule has 3 heterocycles. The summed E-state index contributed by atoms with van der Waals surface area (Å²) in [5.74, 6) is -2.20. The summed E-state index contributed by atoms with van der Waals surface area (Å²) in [6.07, 6.45) is 4.21. The number of carboxylic acid groups (broad SMARTS) is 1. The lowest BCUT2D eigenvalue weighted by Crippen LogP contribution is -2.39. The zero-order valence-electron chi connectivity index (χ0n) is 25.6. The van der Waals surface area contributed by atoms with Crippen LogP contribution in [-0.2, 0) is 16.0 Å². The number of anilines is 1. The van der Waals surface area contributed by atoms with Crippen LogP contribution in [0.2, 0.25) is 0 Å². The van der Waals surface area contributed by atoms with Crippen molar-refractivity contribution in [2.45, 2.75) is 79.4 Å². The van der Waals surface area contributed by atoms with Crippen molar-refractivity contribution < 1.29 is 28.2 Å². The van der Waals surface area contributed by atoms with E-state index >= 15 is 4.39 Å². The molecule has 1 unspecified atom stereocenters. The third-order valence-corrected chi connectivity index (χ3v) is 7.71. The minimum atomic E-state index is -1.27. The molecule has 0 amide bonds. The fourth-order valence-electron chi connectivity index (χ4n) is 5.27. The second-order valence-corrected chi connectivity index (χ2v) is 12.8. The van der Waals surface area contributed by atoms with Crippen LogP contribution in [0.3, 0.4) is 0 Å². The molecular weight excluding hydrogens is 540 g/mol. The molecule has 42 heavy (non-hydrogen) atoms. The minimum absolute atomic E-state index is 0.139. The topological polar surface area (TPSA) is 84.8 Å². The molecule has 1 aromatic carbocycles. The van der Waals surface area contributed by atoms with E-state index in [2.05, 4.69) is 28.7 Å². The molecule has 0 bridgehead atoms. The Hall–Kier alpha value is -3.59. The smallest absolute Gasteiger partial charge is 0.337 e. The second-order valence-electron chi connectivity index (χ2n) is 12.8. The van der Waals surface area contributed by atoms with Gasteiger partial charge in [-0.05, 0) is 82.2 Å². The average molecular weight is 582 g/mol. The molecule has 1 aliphatic rings. The molecule has 0 saturated carbocycles. The van der Waals surface area contributed by atoms with Gasteiger partial charge in [-0.2, -0.15) is 0 Å². The quantitative estimate of drug-likeness (QED) is 0.285. The van der Waals surface area contributed by atoms with Crippen LogP contribution in [0.1, 0.15) is 75.9 Å². The summed E-state index contributed by atoms with van der Waals surface area (Å²) in [4.78, 5) is 23.6. The first kappa shape index (κ1) is 31.3. The van der Waals surface area contributed by atoms with E-state index in [4.69, 9.17) is 9.47 Å². The standard InChI is InChI=1S/C33H41F2N3O4/c1-20-16-24(34)9-8-22(20)10-15-41-30-26(35)17-23(18-37-30)25-19-36-21(2)27(29(31(39)40)42-32(3,4)5)28(25)38-13-11-33(6,7)12-14-38/h8-9,16-19,29H,10-15H2,1-7H3,(H,39,40). The van der Waals surface area contributed by atoms with Gasteiger partial charge >= 0.3 is 5.97 Å². The fraction of sp³-hybridized carbons (Fsp3) is 0.485. The molecule has 1 atom stereocenters. The van der Waals surface area contributed by atoms with Crippen molar-refractivity contribution in [1.82, 2.24) is 9.97 Å². The van der Waals surface area contributed by atoms with Crippen LogP contribution in [0.5, 0.6) is 5.88 Å². The van der Waals surface area contributed by atoms with Crippen molar-refractivity contribution in [2.24, 2.45) is 5.41 Å². The van der Waals surface area contributed by atoms with E-state index in [1.807, 2.05) is 27.7 Å². The Balaban J connectivity index is 1.71. The molecule has 1 saturated heterocycles. The van der Waals surface area contributed by atoms with Gasteiger partial charge in [0.1, 0.15) is 5.82 Å². The fourth-order valence-corrected chi connectivity index (χ4v) is 5.27. The molecule has 3 aromatic rings. The van der Waals surface area contributed by atoms with Gasteiger partial charge < -0.3 is 19.5 Å². The van der Waals surface area contributed by atoms with Crippen LogP contribution < -0.4 is 9.64 Å². The van der Waals surface area contributed by atoms with Gasteiger partial charge in [0.2, 0.25) is 5.88 Å². The predicted molar refractivity (Wildman–Crippen MR) is 159 cm³/mol. The molecule has 1 fully saturated rings. The molecule has 4 rings (SSSR count). The summed E-state index contributed by atoms with van der Waals surface area (Å²) < 4.78 is 40.5. The highest BCUT2D eigenvalue weighted by atomic mass is 19.1. The number of ether oxygens (including phenoxy) is 2. The molecule has 7 nitrogen and oxygen atoms in total. The number of carboxylic acids is 1. The lowest BCUT2D eigenvalue weighted by atomic mass is 9.82. The number of aliphatic carboxylic acids is 1. The van der Waals surface area contributed by atoms with Crippen molar-refractivity contribution in [1.29, 1.82) is 0 Å². The second kappa shape index (κ2) is 12.3. The Kier molecular flexibility index (Phi) is 9.21. The molecule has 0 radical (unpaired) electrons. The van der Waals surface area contributed by atoms with Crippen molar-refractivity contribution in [3.8, 4) is 17.0 Å². The lowest BCUT2D eigenvalue weighted by molar-refractivity contribution is -0.160. The summed E-state index contributed by atoms with van der Waals surface area (Å²) in [5, 5.41) is 10.3. The molecule has 2 aromatic heterocycles. The van der Waals surface area contributed by atoms with E-state index in [9.17, 15) is 14.3 Å². The number of benzene rings is 1. The number of hydrogen-bond acceptors (Lipinski definition) is 6. The highest BCUT2D eigenvalue weighted by Gasteiger charge is 2.36. The Morgan fingerprint density at radius 3 is 2.38 bits per heavy atom. The number of aromatic nitrogens is 2. The number of aryl methyl sites for hydroxylation is 2. The van der Waals surface area contributed by atoms with Crippen LogP contribution in [0.25, 0.3) is 11.1 Å². The Bertz CT molecular complexity index is 1440. The van der Waals surface area contributed by atoms with Gasteiger partial charge in [0.15, 0.2) is 11.9 Å². The maximum atomic E-state index is 15.4. The highest BCUT2D eigenvalue weighted by Crippen LogP contribution is 2.43. The summed E-state index contributed by atoms with van der Waals surface area (Å²) in [7, 11) is 0. The molecular formula is C33H41F2N3O4. The van der Waals surface area contributed by atoms with Gasteiger partial charge in [-0.3, -0.25) is 4.98 Å². The van der Waals surface area contributed by atoms with E-state index in [0.29, 0.717) is 47.6 Å². The zero-order chi connectivity index (χ0) is 30.8. The molecule has 0 spiro atoms. The summed E-state index contributed by atoms with van der Waals surface area (Å²) in [5.41, 5.74) is 3.86. The number of rotatable bonds is 9. The van der Waals surface area contributed by atoms with Crippen molar-refractivity contribution in [2.75, 3.05) is 24.6 Å². The summed E-state index contributed by atoms with van der Waals surface area (Å²) in [6, 6.07) is 5.89. The van der Waals surface area contributed by atoms with E-state index in [0.717, 1.165) is 24.0 Å². The van der Waals surface area contributed by atoms with Crippen LogP contribution in [0.4, 0.5) is 14.5 Å². The molecule has 1 N–H and O–H groups in total. The van der Waals surface area contributed by atoms with Crippen LogP contribution in [0, 0.1) is 30.9 Å². The Morgan fingerprint density at radius 1 is 1.10 bits per heavy atom. The maximum absolute atomic E-state index is 15.4. The number of halogens is 2. The van der Waals surface area contributed by atoms with Crippen molar-refractivity contribution in [3.05, 3.63) is 70.7 Å². The minimum Gasteiger partial charge on any atom is -0.479 e. The van der Waals surface area contributed by atoms with Crippen molar-refractivity contribution in [3.63, 3.8) is 0 Å². The van der Waals surface area contributed by atoms with Gasteiger partial charge in [-0.25, -0.2) is 18.6 Å². The largest absolute Gasteiger partial charge is 0.479 e. The molecule has 0 aliphatic carbocycles. The Morgan fingerprint density at radius 2 is 1.79 bits per heavy atom. The first-order valence-electron chi connectivity index (χ1n) is 14.3. The lowest BCUT2D eigenvalue weighted by Gasteiger charge is -2.40. The first-order valence-corrected chi connectivity index (χ1v) is 14.3. The number of hydrogen-bond donors (Lipinski definition) is 1. The number of piperidine rings is 1. The monoisotopic (exact) mass is 581 g/mol. The van der Waals surface area contributed by atoms with E-state index in [-0.39, 0.29) is 23.7 Å². The predicted octanol–water partition coefficient (Wildman–Crippen LogP) is 7.23. The van der Waals surface area contributed by atoms with Gasteiger partial charge in [-0.1, -0.05) is 19.9 Å². The average Bonchev–Trinajstić information content (AvgIpc) is 2.89. The van der Waals surface area contributed by atoms with Gasteiger partial charge in [0.05, 0.1) is 17.9 Å². The molecule has 226 valence electrons. The van der Waals surface area contributed by atoms with E-state index in [1.54, 1.807) is 19.2 Å². The van der Waals surface area contributed by atoms with Crippen molar-refractivity contribution >= 4 is 11.7 Å². The molecule has 1 aliphatic heterocycles. The molecule has 9 heteroatoms. The van der Waals surface area contributed by atoms with E-state index in [1.165, 1.54) is 24.4 Å². The van der Waals surface area contributed by atoms with E-state index < -0.39 is 23.5 Å². The normalized spacial score (nSPS) is 15.9. The maximum Gasteiger partial charge on any atom is 0.337 e. The van der Waals surface area contributed by atoms with Gasteiger partial charge in [-0.15, -0.1) is 0 Å². The zero-order valence-corrected chi connectivity index (χ0v) is 25.6.